The Morgan fingerprint density at radius 2 is 1.95 bits per heavy atom. The highest BCUT2D eigenvalue weighted by Gasteiger charge is 2.31. The number of halogens is 4. The standard InChI is InChI=1S/C13H11F4N3O/c1-7(12(18)21)20-6-9(5-19-20)8-2-10(13(15,16)17)4-11(14)3-8/h2-7H,1H3,(H2,18,21)/t7-/m1/s1. The molecule has 1 aromatic heterocycles. The number of rotatable bonds is 3. The van der Waals surface area contributed by atoms with Crippen LogP contribution in [0.5, 0.6) is 0 Å². The zero-order chi connectivity index (χ0) is 15.8. The Balaban J connectivity index is 2.43. The van der Waals surface area contributed by atoms with E-state index in [2.05, 4.69) is 5.10 Å². The lowest BCUT2D eigenvalue weighted by atomic mass is 10.1. The molecule has 21 heavy (non-hydrogen) atoms. The molecule has 0 aliphatic carbocycles. The highest BCUT2D eigenvalue weighted by Crippen LogP contribution is 2.33. The van der Waals surface area contributed by atoms with Gasteiger partial charge in [0.2, 0.25) is 5.91 Å². The molecule has 2 N–H and O–H groups in total. The van der Waals surface area contributed by atoms with Crippen LogP contribution in [0, 0.1) is 5.82 Å². The fourth-order valence-electron chi connectivity index (χ4n) is 1.75. The number of amides is 1. The molecular weight excluding hydrogens is 290 g/mol. The molecule has 2 rings (SSSR count). The molecule has 0 saturated heterocycles. The monoisotopic (exact) mass is 301 g/mol. The average molecular weight is 301 g/mol. The smallest absolute Gasteiger partial charge is 0.368 e. The molecule has 0 saturated carbocycles. The van der Waals surface area contributed by atoms with E-state index in [-0.39, 0.29) is 11.1 Å². The second-order valence-electron chi connectivity index (χ2n) is 4.51. The lowest BCUT2D eigenvalue weighted by Crippen LogP contribution is -2.24. The molecule has 0 unspecified atom stereocenters. The molecule has 4 nitrogen and oxygen atoms in total. The lowest BCUT2D eigenvalue weighted by Gasteiger charge is -2.09. The summed E-state index contributed by atoms with van der Waals surface area (Å²) in [6, 6.07) is 1.44. The van der Waals surface area contributed by atoms with E-state index in [9.17, 15) is 22.4 Å². The van der Waals surface area contributed by atoms with Gasteiger partial charge >= 0.3 is 6.18 Å². The molecule has 0 aliphatic rings. The summed E-state index contributed by atoms with van der Waals surface area (Å²) in [4.78, 5) is 11.0. The number of alkyl halides is 3. The molecule has 0 spiro atoms. The number of primary amides is 1. The summed E-state index contributed by atoms with van der Waals surface area (Å²) in [5, 5.41) is 3.85. The van der Waals surface area contributed by atoms with E-state index in [0.717, 1.165) is 12.1 Å². The molecule has 0 aliphatic heterocycles. The molecular formula is C13H11F4N3O. The number of aromatic nitrogens is 2. The highest BCUT2D eigenvalue weighted by molar-refractivity contribution is 5.78. The Morgan fingerprint density at radius 1 is 1.29 bits per heavy atom. The van der Waals surface area contributed by atoms with Crippen molar-refractivity contribution >= 4 is 5.91 Å². The molecule has 0 bridgehead atoms. The predicted molar refractivity (Wildman–Crippen MR) is 66.5 cm³/mol. The van der Waals surface area contributed by atoms with Crippen molar-refractivity contribution in [2.75, 3.05) is 0 Å². The first-order valence-electron chi connectivity index (χ1n) is 5.90. The van der Waals surface area contributed by atoms with Crippen LogP contribution >= 0.6 is 0 Å². The van der Waals surface area contributed by atoms with Gasteiger partial charge in [0.15, 0.2) is 0 Å². The first kappa shape index (κ1) is 15.0. The van der Waals surface area contributed by atoms with E-state index in [1.165, 1.54) is 24.0 Å². The van der Waals surface area contributed by atoms with Crippen molar-refractivity contribution in [2.24, 2.45) is 5.73 Å². The quantitative estimate of drug-likeness (QED) is 0.886. The third kappa shape index (κ3) is 3.21. The van der Waals surface area contributed by atoms with E-state index < -0.39 is 29.5 Å². The maximum Gasteiger partial charge on any atom is 0.416 e. The number of hydrogen-bond acceptors (Lipinski definition) is 2. The summed E-state index contributed by atoms with van der Waals surface area (Å²) in [5.41, 5.74) is 4.30. The highest BCUT2D eigenvalue weighted by atomic mass is 19.4. The van der Waals surface area contributed by atoms with Gasteiger partial charge in [-0.2, -0.15) is 18.3 Å². The Morgan fingerprint density at radius 3 is 2.52 bits per heavy atom. The second-order valence-corrected chi connectivity index (χ2v) is 4.51. The second kappa shape index (κ2) is 5.19. The van der Waals surface area contributed by atoms with Crippen molar-refractivity contribution in [1.29, 1.82) is 0 Å². The van der Waals surface area contributed by atoms with Crippen LogP contribution < -0.4 is 5.73 Å². The van der Waals surface area contributed by atoms with Crippen molar-refractivity contribution in [3.63, 3.8) is 0 Å². The van der Waals surface area contributed by atoms with Crippen molar-refractivity contribution in [3.8, 4) is 11.1 Å². The van der Waals surface area contributed by atoms with Gasteiger partial charge in [-0.1, -0.05) is 0 Å². The zero-order valence-electron chi connectivity index (χ0n) is 10.9. The topological polar surface area (TPSA) is 60.9 Å². The lowest BCUT2D eigenvalue weighted by molar-refractivity contribution is -0.137. The number of nitrogens with zero attached hydrogens (tertiary/aromatic N) is 2. The fraction of sp³-hybridized carbons (Fsp3) is 0.231. The molecule has 8 heteroatoms. The minimum Gasteiger partial charge on any atom is -0.368 e. The Bertz CT molecular complexity index is 678. The zero-order valence-corrected chi connectivity index (χ0v) is 10.9. The van der Waals surface area contributed by atoms with Crippen LogP contribution in [0.1, 0.15) is 18.5 Å². The van der Waals surface area contributed by atoms with Crippen molar-refractivity contribution < 1.29 is 22.4 Å². The molecule has 1 heterocycles. The van der Waals surface area contributed by atoms with Crippen molar-refractivity contribution in [1.82, 2.24) is 9.78 Å². The van der Waals surface area contributed by atoms with Crippen LogP contribution in [-0.4, -0.2) is 15.7 Å². The third-order valence-electron chi connectivity index (χ3n) is 2.97. The Hall–Kier alpha value is -2.38. The number of carbonyl (C=O) groups is 1. The van der Waals surface area contributed by atoms with Crippen LogP contribution in [0.4, 0.5) is 17.6 Å². The number of hydrogen-bond donors (Lipinski definition) is 1. The maximum absolute atomic E-state index is 13.3. The van der Waals surface area contributed by atoms with Gasteiger partial charge in [-0.05, 0) is 30.7 Å². The Kier molecular flexibility index (Phi) is 3.71. The van der Waals surface area contributed by atoms with E-state index in [1.807, 2.05) is 0 Å². The van der Waals surface area contributed by atoms with Gasteiger partial charge in [-0.3, -0.25) is 9.48 Å². The summed E-state index contributed by atoms with van der Waals surface area (Å²) in [5.74, 6) is -1.64. The van der Waals surface area contributed by atoms with Crippen LogP contribution in [0.15, 0.2) is 30.6 Å². The molecule has 2 aromatic rings. The van der Waals surface area contributed by atoms with E-state index in [4.69, 9.17) is 5.73 Å². The average Bonchev–Trinajstić information content (AvgIpc) is 2.85. The predicted octanol–water partition coefficient (Wildman–Crippen LogP) is 2.75. The van der Waals surface area contributed by atoms with Crippen molar-refractivity contribution in [2.45, 2.75) is 19.1 Å². The van der Waals surface area contributed by atoms with Gasteiger partial charge < -0.3 is 5.73 Å². The van der Waals surface area contributed by atoms with Crippen LogP contribution in [0.2, 0.25) is 0 Å². The molecule has 1 aromatic carbocycles. The minimum atomic E-state index is -4.65. The largest absolute Gasteiger partial charge is 0.416 e. The summed E-state index contributed by atoms with van der Waals surface area (Å²) in [6.07, 6.45) is -2.06. The first-order valence-corrected chi connectivity index (χ1v) is 5.90. The van der Waals surface area contributed by atoms with Crippen LogP contribution in [0.25, 0.3) is 11.1 Å². The molecule has 0 radical (unpaired) electrons. The first-order chi connectivity index (χ1) is 9.68. The number of carbonyl (C=O) groups excluding carboxylic acids is 1. The van der Waals surface area contributed by atoms with Crippen LogP contribution in [0.3, 0.4) is 0 Å². The van der Waals surface area contributed by atoms with Gasteiger partial charge in [0.25, 0.3) is 0 Å². The summed E-state index contributed by atoms with van der Waals surface area (Å²) < 4.78 is 52.5. The molecule has 1 atom stereocenters. The molecule has 1 amide bonds. The minimum absolute atomic E-state index is 0.0187. The van der Waals surface area contributed by atoms with E-state index in [1.54, 1.807) is 0 Å². The number of nitrogens with two attached hydrogens (primary N) is 1. The van der Waals surface area contributed by atoms with E-state index >= 15 is 0 Å². The van der Waals surface area contributed by atoms with Gasteiger partial charge in [0.05, 0.1) is 11.8 Å². The normalized spacial score (nSPS) is 13.2. The maximum atomic E-state index is 13.3. The SMILES string of the molecule is C[C@H](C(N)=O)n1cc(-c2cc(F)cc(C(F)(F)F)c2)cn1. The van der Waals surface area contributed by atoms with E-state index in [0.29, 0.717) is 6.07 Å². The summed E-state index contributed by atoms with van der Waals surface area (Å²) in [6.45, 7) is 1.49. The fourth-order valence-corrected chi connectivity index (χ4v) is 1.75. The summed E-state index contributed by atoms with van der Waals surface area (Å²) >= 11 is 0. The number of benzene rings is 1. The molecule has 0 fully saturated rings. The third-order valence-corrected chi connectivity index (χ3v) is 2.97. The van der Waals surface area contributed by atoms with Crippen molar-refractivity contribution in [3.05, 3.63) is 42.0 Å². The van der Waals surface area contributed by atoms with Gasteiger partial charge in [-0.15, -0.1) is 0 Å². The van der Waals surface area contributed by atoms with Gasteiger partial charge in [0, 0.05) is 11.8 Å². The van der Waals surface area contributed by atoms with Gasteiger partial charge in [0.1, 0.15) is 11.9 Å². The summed E-state index contributed by atoms with van der Waals surface area (Å²) in [7, 11) is 0. The Labute approximate surface area is 117 Å². The molecule has 112 valence electrons. The van der Waals surface area contributed by atoms with Gasteiger partial charge in [-0.25, -0.2) is 4.39 Å². The van der Waals surface area contributed by atoms with Crippen LogP contribution in [-0.2, 0) is 11.0 Å².